The van der Waals surface area contributed by atoms with Crippen LogP contribution in [0.5, 0.6) is 0 Å². The number of rotatable bonds is 4. The molecule has 0 fully saturated rings. The van der Waals surface area contributed by atoms with Gasteiger partial charge in [0.15, 0.2) is 0 Å². The Balaban J connectivity index is 1.40. The average Bonchev–Trinajstić information content (AvgIpc) is 3.97. The Morgan fingerprint density at radius 3 is 1.78 bits per heavy atom. The smallest absolute Gasteiger partial charge is 0.112 e. The number of H-pyrrole nitrogens is 2. The fourth-order valence-corrected chi connectivity index (χ4v) is 7.55. The van der Waals surface area contributed by atoms with E-state index in [0.717, 1.165) is 78.2 Å². The second-order valence-electron chi connectivity index (χ2n) is 12.5. The molecule has 6 aromatic rings. The summed E-state index contributed by atoms with van der Waals surface area (Å²) in [6.45, 7) is 0. The molecular weight excluding hydrogens is 620 g/mol. The van der Waals surface area contributed by atoms with Crippen LogP contribution in [-0.4, -0.2) is 21.4 Å². The Kier molecular flexibility index (Phi) is 7.10. The van der Waals surface area contributed by atoms with Crippen molar-refractivity contribution in [3.63, 3.8) is 0 Å². The van der Waals surface area contributed by atoms with Gasteiger partial charge in [-0.15, -0.1) is 0 Å². The van der Waals surface area contributed by atoms with Crippen LogP contribution in [0.25, 0.3) is 16.7 Å². The van der Waals surface area contributed by atoms with Crippen LogP contribution in [0.15, 0.2) is 180 Å². The van der Waals surface area contributed by atoms with E-state index < -0.39 is 5.54 Å². The molecule has 0 spiro atoms. The summed E-state index contributed by atoms with van der Waals surface area (Å²) in [7, 11) is 0. The molecule has 0 saturated heterocycles. The minimum atomic E-state index is -0.720. The van der Waals surface area contributed by atoms with E-state index in [9.17, 15) is 0 Å². The van der Waals surface area contributed by atoms with Crippen molar-refractivity contribution in [2.45, 2.75) is 12.0 Å². The summed E-state index contributed by atoms with van der Waals surface area (Å²) in [5.41, 5.74) is 11.4. The van der Waals surface area contributed by atoms with Crippen LogP contribution in [0.3, 0.4) is 0 Å². The maximum Gasteiger partial charge on any atom is 0.112 e. The molecule has 2 aromatic heterocycles. The number of aliphatic imine (C=N–C) groups is 2. The third-order valence-electron chi connectivity index (χ3n) is 9.47. The van der Waals surface area contributed by atoms with Crippen LogP contribution in [-0.2, 0) is 12.0 Å². The van der Waals surface area contributed by atoms with Crippen molar-refractivity contribution < 1.29 is 0 Å². The number of allylic oxidation sites excluding steroid dienone is 3. The molecule has 9 rings (SSSR count). The van der Waals surface area contributed by atoms with E-state index in [1.54, 1.807) is 0 Å². The van der Waals surface area contributed by atoms with Gasteiger partial charge in [-0.1, -0.05) is 127 Å². The first-order valence-corrected chi connectivity index (χ1v) is 16.9. The minimum Gasteiger partial charge on any atom is -0.358 e. The molecule has 3 aliphatic rings. The normalized spacial score (nSPS) is 18.2. The SMILES string of the molecule is Clc1ccccc1C12C=CC(=N1)C(c1ccccc1)=c1ccc([nH]1)=C(c1ccccc1)C1=NC(=C(c3ccccc3)c3ccc([nH]3)C2)C=C1. The van der Waals surface area contributed by atoms with E-state index in [-0.39, 0.29) is 0 Å². The van der Waals surface area contributed by atoms with Crippen LogP contribution in [0.4, 0.5) is 0 Å². The zero-order valence-corrected chi connectivity index (χ0v) is 27.3. The Hall–Kier alpha value is -5.97. The molecule has 0 aliphatic carbocycles. The molecule has 4 nitrogen and oxygen atoms in total. The molecule has 0 amide bonds. The third kappa shape index (κ3) is 5.18. The molecule has 4 aromatic carbocycles. The maximum atomic E-state index is 6.97. The van der Waals surface area contributed by atoms with E-state index in [2.05, 4.69) is 137 Å². The number of halogens is 1. The van der Waals surface area contributed by atoms with Gasteiger partial charge in [0, 0.05) is 55.8 Å². The van der Waals surface area contributed by atoms with E-state index in [0.29, 0.717) is 11.4 Å². The fourth-order valence-electron chi connectivity index (χ4n) is 7.25. The van der Waals surface area contributed by atoms with Crippen molar-refractivity contribution in [2.75, 3.05) is 0 Å². The van der Waals surface area contributed by atoms with Crippen molar-refractivity contribution in [3.05, 3.63) is 219 Å². The van der Waals surface area contributed by atoms with Gasteiger partial charge < -0.3 is 9.97 Å². The third-order valence-corrected chi connectivity index (χ3v) is 9.80. The highest BCUT2D eigenvalue weighted by Gasteiger charge is 2.36. The van der Waals surface area contributed by atoms with Crippen molar-refractivity contribution >= 4 is 39.7 Å². The lowest BCUT2D eigenvalue weighted by Gasteiger charge is -2.26. The van der Waals surface area contributed by atoms with Crippen LogP contribution < -0.4 is 10.7 Å². The van der Waals surface area contributed by atoms with Crippen LogP contribution in [0.1, 0.15) is 33.6 Å². The molecule has 5 heterocycles. The lowest BCUT2D eigenvalue weighted by atomic mass is 9.86. The number of aromatic nitrogens is 2. The van der Waals surface area contributed by atoms with E-state index >= 15 is 0 Å². The Morgan fingerprint density at radius 1 is 0.531 bits per heavy atom. The minimum absolute atomic E-state index is 0.600. The zero-order chi connectivity index (χ0) is 32.8. The molecule has 8 bridgehead atoms. The first-order valence-electron chi connectivity index (χ1n) is 16.5. The lowest BCUT2D eigenvalue weighted by Crippen LogP contribution is -2.25. The van der Waals surface area contributed by atoms with E-state index in [4.69, 9.17) is 21.6 Å². The molecule has 5 heteroatoms. The highest BCUT2D eigenvalue weighted by atomic mass is 35.5. The summed E-state index contributed by atoms with van der Waals surface area (Å²) in [4.78, 5) is 18.5. The van der Waals surface area contributed by atoms with Gasteiger partial charge in [0.25, 0.3) is 0 Å². The molecule has 1 unspecified atom stereocenters. The van der Waals surface area contributed by atoms with Gasteiger partial charge in [-0.05, 0) is 65.3 Å². The van der Waals surface area contributed by atoms with Gasteiger partial charge in [0.1, 0.15) is 5.54 Å². The number of benzene rings is 4. The van der Waals surface area contributed by atoms with Crippen molar-refractivity contribution in [3.8, 4) is 0 Å². The van der Waals surface area contributed by atoms with Gasteiger partial charge >= 0.3 is 0 Å². The van der Waals surface area contributed by atoms with E-state index in [1.807, 2.05) is 36.4 Å². The predicted octanol–water partition coefficient (Wildman–Crippen LogP) is 8.33. The Morgan fingerprint density at radius 2 is 1.12 bits per heavy atom. The molecule has 0 saturated carbocycles. The number of hydrogen-bond donors (Lipinski definition) is 2. The van der Waals surface area contributed by atoms with Gasteiger partial charge in [-0.3, -0.25) is 4.99 Å². The molecule has 234 valence electrons. The van der Waals surface area contributed by atoms with Crippen LogP contribution in [0.2, 0.25) is 5.02 Å². The molecule has 1 atom stereocenters. The van der Waals surface area contributed by atoms with Gasteiger partial charge in [-0.2, -0.15) is 0 Å². The van der Waals surface area contributed by atoms with Crippen LogP contribution >= 0.6 is 11.6 Å². The summed E-state index contributed by atoms with van der Waals surface area (Å²) in [6.07, 6.45) is 9.23. The molecule has 2 N–H and O–H groups in total. The summed E-state index contributed by atoms with van der Waals surface area (Å²) in [5, 5.41) is 2.65. The van der Waals surface area contributed by atoms with E-state index in [1.165, 1.54) is 0 Å². The molecule has 49 heavy (non-hydrogen) atoms. The number of aromatic amines is 2. The van der Waals surface area contributed by atoms with Gasteiger partial charge in [-0.25, -0.2) is 4.99 Å². The topological polar surface area (TPSA) is 56.3 Å². The number of nitrogens with zero attached hydrogens (tertiary/aromatic N) is 2. The summed E-state index contributed by atoms with van der Waals surface area (Å²) in [6, 6.07) is 48.1. The lowest BCUT2D eigenvalue weighted by molar-refractivity contribution is 0.565. The second-order valence-corrected chi connectivity index (χ2v) is 12.9. The highest BCUT2D eigenvalue weighted by molar-refractivity contribution is 6.32. The quantitative estimate of drug-likeness (QED) is 0.193. The fraction of sp³-hybridized carbons (Fsp3) is 0.0455. The maximum absolute atomic E-state index is 6.97. The van der Waals surface area contributed by atoms with Crippen molar-refractivity contribution in [2.24, 2.45) is 9.98 Å². The molecular formula is C44H31ClN4. The number of fused-ring (bicyclic) bond motifs is 6. The van der Waals surface area contributed by atoms with Crippen molar-refractivity contribution in [1.29, 1.82) is 0 Å². The van der Waals surface area contributed by atoms with Gasteiger partial charge in [0.05, 0.1) is 17.1 Å². The number of hydrogen-bond acceptors (Lipinski definition) is 2. The first-order chi connectivity index (χ1) is 24.1. The second kappa shape index (κ2) is 11.9. The van der Waals surface area contributed by atoms with Gasteiger partial charge in [0.2, 0.25) is 0 Å². The molecule has 0 radical (unpaired) electrons. The summed E-state index contributed by atoms with van der Waals surface area (Å²) >= 11 is 6.97. The number of nitrogens with one attached hydrogen (secondary N) is 2. The Labute approximate surface area is 289 Å². The Bertz CT molecular complexity index is 2510. The highest BCUT2D eigenvalue weighted by Crippen LogP contribution is 2.41. The summed E-state index contributed by atoms with van der Waals surface area (Å²) < 4.78 is 0. The van der Waals surface area contributed by atoms with Crippen molar-refractivity contribution in [1.82, 2.24) is 9.97 Å². The van der Waals surface area contributed by atoms with Crippen LogP contribution in [0, 0.1) is 0 Å². The first kappa shape index (κ1) is 29.2. The largest absolute Gasteiger partial charge is 0.358 e. The molecule has 3 aliphatic heterocycles. The zero-order valence-electron chi connectivity index (χ0n) is 26.6. The monoisotopic (exact) mass is 650 g/mol. The predicted molar refractivity (Wildman–Crippen MR) is 201 cm³/mol. The standard InChI is InChI=1S/C44H31ClN4/c45-34-19-11-10-18-33(34)44-27-26-40(49-44)43(31-16-8-3-9-17-31)39-25-24-38(48-39)42(30-14-6-2-7-15-30)37-23-22-36(47-37)41(29-12-4-1-5-13-29)35-21-20-32(28-44)46-35/h1-27,46,48H,28H2. The summed E-state index contributed by atoms with van der Waals surface area (Å²) in [5.74, 6) is 0. The average molecular weight is 651 g/mol.